The second kappa shape index (κ2) is 9.05. The van der Waals surface area contributed by atoms with Gasteiger partial charge in [-0.2, -0.15) is 4.98 Å². The molecule has 1 amide bonds. The van der Waals surface area contributed by atoms with E-state index in [4.69, 9.17) is 0 Å². The van der Waals surface area contributed by atoms with Gasteiger partial charge in [0.15, 0.2) is 10.8 Å². The third kappa shape index (κ3) is 4.95. The van der Waals surface area contributed by atoms with Crippen molar-refractivity contribution < 1.29 is 9.18 Å². The van der Waals surface area contributed by atoms with Gasteiger partial charge < -0.3 is 10.2 Å². The molecule has 4 rings (SSSR count). The normalized spacial score (nSPS) is 10.9. The quantitative estimate of drug-likeness (QED) is 0.481. The van der Waals surface area contributed by atoms with Crippen molar-refractivity contribution in [3.05, 3.63) is 88.2 Å². The molecule has 0 unspecified atom stereocenters. The van der Waals surface area contributed by atoms with Crippen LogP contribution in [-0.2, 0) is 24.4 Å². The summed E-state index contributed by atoms with van der Waals surface area (Å²) in [5.74, 6) is -0.669. The number of benzene rings is 2. The number of nitrogens with one attached hydrogen (secondary N) is 1. The molecule has 2 aromatic carbocycles. The van der Waals surface area contributed by atoms with Gasteiger partial charge in [-0.05, 0) is 23.3 Å². The number of carbonyl (C=O) groups excluding carboxylic acids is 1. The van der Waals surface area contributed by atoms with Gasteiger partial charge in [0, 0.05) is 20.1 Å². The molecule has 0 bridgehead atoms. The predicted molar refractivity (Wildman–Crippen MR) is 118 cm³/mol. The zero-order valence-electron chi connectivity index (χ0n) is 16.8. The summed E-state index contributed by atoms with van der Waals surface area (Å²) in [6.45, 7) is 0.745. The van der Waals surface area contributed by atoms with Crippen LogP contribution in [0.1, 0.15) is 11.1 Å². The fourth-order valence-electron chi connectivity index (χ4n) is 3.05. The first-order valence-corrected chi connectivity index (χ1v) is 10.4. The molecule has 158 valence electrons. The Morgan fingerprint density at radius 1 is 1.13 bits per heavy atom. The summed E-state index contributed by atoms with van der Waals surface area (Å²) in [4.78, 5) is 35.8. The molecule has 2 aromatic heterocycles. The number of halogens is 1. The summed E-state index contributed by atoms with van der Waals surface area (Å²) in [6.07, 6.45) is 1.34. The van der Waals surface area contributed by atoms with E-state index in [1.54, 1.807) is 12.1 Å². The van der Waals surface area contributed by atoms with Crippen LogP contribution < -0.4 is 15.8 Å². The van der Waals surface area contributed by atoms with Crippen molar-refractivity contribution >= 4 is 32.7 Å². The van der Waals surface area contributed by atoms with Crippen molar-refractivity contribution in [2.75, 3.05) is 11.9 Å². The molecular formula is C22H20FN5O2S. The molecule has 0 aliphatic carbocycles. The number of thiazole rings is 1. The molecule has 0 saturated heterocycles. The number of aromatic nitrogens is 3. The number of fused-ring (bicyclic) bond motifs is 1. The average molecular weight is 438 g/mol. The van der Waals surface area contributed by atoms with Gasteiger partial charge in [0.25, 0.3) is 5.56 Å². The topological polar surface area (TPSA) is 80.1 Å². The highest BCUT2D eigenvalue weighted by Crippen LogP contribution is 2.25. The average Bonchev–Trinajstić information content (AvgIpc) is 3.22. The lowest BCUT2D eigenvalue weighted by atomic mass is 10.2. The third-order valence-corrected chi connectivity index (χ3v) is 5.83. The highest BCUT2D eigenvalue weighted by atomic mass is 32.1. The van der Waals surface area contributed by atoms with E-state index in [0.29, 0.717) is 22.0 Å². The van der Waals surface area contributed by atoms with E-state index in [2.05, 4.69) is 15.3 Å². The van der Waals surface area contributed by atoms with Gasteiger partial charge in [-0.25, -0.2) is 9.37 Å². The maximum atomic E-state index is 13.0. The monoisotopic (exact) mass is 437 g/mol. The number of anilines is 1. The lowest BCUT2D eigenvalue weighted by Crippen LogP contribution is -2.31. The van der Waals surface area contributed by atoms with E-state index in [9.17, 15) is 14.0 Å². The van der Waals surface area contributed by atoms with Gasteiger partial charge in [0.1, 0.15) is 23.4 Å². The molecule has 9 heteroatoms. The summed E-state index contributed by atoms with van der Waals surface area (Å²) in [5, 5.41) is 3.41. The van der Waals surface area contributed by atoms with E-state index in [0.717, 1.165) is 11.1 Å². The number of amides is 1. The number of hydrogen-bond donors (Lipinski definition) is 1. The van der Waals surface area contributed by atoms with Crippen LogP contribution in [0.25, 0.3) is 10.3 Å². The minimum atomic E-state index is -0.335. The lowest BCUT2D eigenvalue weighted by molar-refractivity contribution is -0.121. The Morgan fingerprint density at radius 2 is 1.87 bits per heavy atom. The first-order valence-electron chi connectivity index (χ1n) is 9.62. The van der Waals surface area contributed by atoms with Crippen LogP contribution in [0.3, 0.4) is 0 Å². The number of carbonyl (C=O) groups is 1. The van der Waals surface area contributed by atoms with Crippen molar-refractivity contribution in [2.45, 2.75) is 19.6 Å². The van der Waals surface area contributed by atoms with Gasteiger partial charge in [-0.1, -0.05) is 53.8 Å². The molecule has 31 heavy (non-hydrogen) atoms. The zero-order chi connectivity index (χ0) is 21.8. The largest absolute Gasteiger partial charge is 0.350 e. The van der Waals surface area contributed by atoms with Crippen molar-refractivity contribution in [2.24, 2.45) is 0 Å². The Bertz CT molecular complexity index is 1250. The third-order valence-electron chi connectivity index (χ3n) is 4.68. The second-order valence-corrected chi connectivity index (χ2v) is 8.05. The molecule has 0 saturated carbocycles. The number of nitrogens with zero attached hydrogens (tertiary/aromatic N) is 4. The van der Waals surface area contributed by atoms with Gasteiger partial charge >= 0.3 is 0 Å². The fourth-order valence-corrected chi connectivity index (χ4v) is 3.98. The smallest absolute Gasteiger partial charge is 0.273 e. The van der Waals surface area contributed by atoms with Gasteiger partial charge in [0.05, 0.1) is 0 Å². The molecule has 0 spiro atoms. The standard InChI is InChI=1S/C22H20FN5O2S/c1-27(12-16-5-3-2-4-6-16)22-26-20-19(31-22)21(30)28(14-25-20)13-18(29)24-11-15-7-9-17(23)10-8-15/h2-10,14H,11-13H2,1H3,(H,24,29). The molecule has 4 aromatic rings. The molecule has 2 heterocycles. The summed E-state index contributed by atoms with van der Waals surface area (Å²) in [5.41, 5.74) is 1.96. The Labute approximate surface area is 181 Å². The Kier molecular flexibility index (Phi) is 6.03. The molecule has 0 aliphatic rings. The maximum Gasteiger partial charge on any atom is 0.273 e. The molecular weight excluding hydrogens is 417 g/mol. The molecule has 7 nitrogen and oxygen atoms in total. The second-order valence-electron chi connectivity index (χ2n) is 7.07. The van der Waals surface area contributed by atoms with Crippen molar-refractivity contribution in [3.8, 4) is 0 Å². The molecule has 1 N–H and O–H groups in total. The van der Waals surface area contributed by atoms with Crippen LogP contribution in [0, 0.1) is 5.82 Å². The van der Waals surface area contributed by atoms with Gasteiger partial charge in [0.2, 0.25) is 5.91 Å². The van der Waals surface area contributed by atoms with Crippen LogP contribution in [0.2, 0.25) is 0 Å². The van der Waals surface area contributed by atoms with Crippen LogP contribution >= 0.6 is 11.3 Å². The maximum absolute atomic E-state index is 13.0. The van der Waals surface area contributed by atoms with Gasteiger partial charge in [-0.3, -0.25) is 14.2 Å². The number of rotatable bonds is 7. The highest BCUT2D eigenvalue weighted by Gasteiger charge is 2.15. The summed E-state index contributed by atoms with van der Waals surface area (Å²) >= 11 is 1.26. The Morgan fingerprint density at radius 3 is 2.61 bits per heavy atom. The summed E-state index contributed by atoms with van der Waals surface area (Å²) in [6, 6.07) is 15.8. The van der Waals surface area contributed by atoms with Crippen molar-refractivity contribution in [3.63, 3.8) is 0 Å². The first kappa shape index (κ1) is 20.7. The van der Waals surface area contributed by atoms with E-state index in [1.807, 2.05) is 42.3 Å². The molecule has 0 aliphatic heterocycles. The number of hydrogen-bond acceptors (Lipinski definition) is 6. The highest BCUT2D eigenvalue weighted by molar-refractivity contribution is 7.22. The Hall–Kier alpha value is -3.59. The van der Waals surface area contributed by atoms with E-state index >= 15 is 0 Å². The molecule has 0 fully saturated rings. The molecule has 0 atom stereocenters. The van der Waals surface area contributed by atoms with Crippen molar-refractivity contribution in [1.82, 2.24) is 19.9 Å². The van der Waals surface area contributed by atoms with Crippen molar-refractivity contribution in [1.29, 1.82) is 0 Å². The predicted octanol–water partition coefficient (Wildman–Crippen LogP) is 2.94. The minimum absolute atomic E-state index is 0.157. The summed E-state index contributed by atoms with van der Waals surface area (Å²) in [7, 11) is 1.91. The van der Waals surface area contributed by atoms with E-state index < -0.39 is 0 Å². The van der Waals surface area contributed by atoms with Crippen LogP contribution in [-0.4, -0.2) is 27.5 Å². The van der Waals surface area contributed by atoms with Crippen LogP contribution in [0.4, 0.5) is 9.52 Å². The van der Waals surface area contributed by atoms with E-state index in [-0.39, 0.29) is 30.4 Å². The lowest BCUT2D eigenvalue weighted by Gasteiger charge is -2.15. The fraction of sp³-hybridized carbons (Fsp3) is 0.182. The van der Waals surface area contributed by atoms with Gasteiger partial charge in [-0.15, -0.1) is 0 Å². The Balaban J connectivity index is 1.45. The summed E-state index contributed by atoms with van der Waals surface area (Å²) < 4.78 is 14.6. The minimum Gasteiger partial charge on any atom is -0.350 e. The van der Waals surface area contributed by atoms with E-state index in [1.165, 1.54) is 34.4 Å². The van der Waals surface area contributed by atoms with Crippen LogP contribution in [0.5, 0.6) is 0 Å². The first-order chi connectivity index (χ1) is 15.0. The SMILES string of the molecule is CN(Cc1ccccc1)c1nc2ncn(CC(=O)NCc3ccc(F)cc3)c(=O)c2s1. The van der Waals surface area contributed by atoms with Crippen LogP contribution in [0.15, 0.2) is 65.7 Å². The molecule has 0 radical (unpaired) electrons. The zero-order valence-corrected chi connectivity index (χ0v) is 17.6.